The number of pyridine rings is 1. The van der Waals surface area contributed by atoms with Crippen molar-refractivity contribution in [1.29, 1.82) is 0 Å². The molecule has 8 heterocycles. The maximum absolute atomic E-state index is 17.2. The van der Waals surface area contributed by atoms with Crippen LogP contribution in [0.3, 0.4) is 0 Å². The Kier molecular flexibility index (Phi) is 11.6. The molecule has 0 radical (unpaired) electrons. The molecule has 6 aliphatic rings. The number of fused-ring (bicyclic) bond motifs is 5. The summed E-state index contributed by atoms with van der Waals surface area (Å²) in [6.45, 7) is 9.12. The number of rotatable bonds is 12. The second-order valence-electron chi connectivity index (χ2n) is 21.2. The summed E-state index contributed by atoms with van der Waals surface area (Å²) in [5.41, 5.74) is 2.00. The van der Waals surface area contributed by atoms with E-state index < -0.39 is 23.2 Å². The van der Waals surface area contributed by atoms with Crippen LogP contribution >= 0.6 is 0 Å². The monoisotopic (exact) mass is 971 g/mol. The molecule has 0 spiro atoms. The maximum Gasteiger partial charge on any atom is 0.319 e. The molecule has 12 rings (SSSR count). The van der Waals surface area contributed by atoms with Crippen LogP contribution in [0.4, 0.5) is 24.7 Å². The van der Waals surface area contributed by atoms with Gasteiger partial charge in [-0.3, -0.25) is 29.5 Å². The molecule has 5 aliphatic heterocycles. The number of benzene rings is 3. The molecule has 3 N–H and O–H groups in total. The maximum atomic E-state index is 17.2. The number of phenols is 1. The minimum Gasteiger partial charge on any atom is -0.508 e. The number of halogens is 3. The average Bonchev–Trinajstić information content (AvgIpc) is 3.94. The zero-order chi connectivity index (χ0) is 48.8. The van der Waals surface area contributed by atoms with Gasteiger partial charge in [0.15, 0.2) is 5.82 Å². The molecule has 15 nitrogen and oxygen atoms in total. The number of amides is 2. The molecule has 71 heavy (non-hydrogen) atoms. The quantitative estimate of drug-likeness (QED) is 0.114. The molecule has 2 amide bonds. The molecule has 2 bridgehead atoms. The molecule has 1 saturated carbocycles. The predicted octanol–water partition coefficient (Wildman–Crippen LogP) is 6.52. The molecule has 3 unspecified atom stereocenters. The minimum absolute atomic E-state index is 0.0341. The lowest BCUT2D eigenvalue weighted by atomic mass is 9.91. The van der Waals surface area contributed by atoms with Gasteiger partial charge in [0.2, 0.25) is 11.8 Å². The van der Waals surface area contributed by atoms with E-state index in [1.165, 1.54) is 12.1 Å². The minimum atomic E-state index is -1.28. The van der Waals surface area contributed by atoms with Crippen LogP contribution in [0.2, 0.25) is 0 Å². The standard InChI is InChI=1S/C53H60F3N11O4/c1-3-36-41(54)10-4-31-22-35(68)24-39(44(31)36)47-45(55)48-40(25-57-47)49(67-26-32-5-6-33(27-67)58-32)61-51(60-48)71-30-52(12-13-52)28-64-16-14-53(56,15-17-64)29-65-18-20-66(21-19-65)34-7-8-37-42(23-34)63(2)62-46(37)38-9-11-43(69)59-50(38)70/h4,7-8,10,22-25,32-33,38,58,68H,3,5-6,9,11-21,26-30H2,1-2H3,(H,59,69,70). The van der Waals surface area contributed by atoms with Gasteiger partial charge in [0, 0.05) is 119 Å². The van der Waals surface area contributed by atoms with Gasteiger partial charge in [0.25, 0.3) is 0 Å². The predicted molar refractivity (Wildman–Crippen MR) is 265 cm³/mol. The lowest BCUT2D eigenvalue weighted by molar-refractivity contribution is -0.134. The van der Waals surface area contributed by atoms with Crippen LogP contribution in [-0.2, 0) is 23.1 Å². The van der Waals surface area contributed by atoms with E-state index in [9.17, 15) is 14.7 Å². The first-order chi connectivity index (χ1) is 34.3. The molecule has 372 valence electrons. The van der Waals surface area contributed by atoms with E-state index >= 15 is 13.2 Å². The normalized spacial score (nSPS) is 23.5. The second-order valence-corrected chi connectivity index (χ2v) is 21.2. The van der Waals surface area contributed by atoms with Gasteiger partial charge in [0.1, 0.15) is 34.3 Å². The van der Waals surface area contributed by atoms with Crippen molar-refractivity contribution < 1.29 is 32.6 Å². The summed E-state index contributed by atoms with van der Waals surface area (Å²) in [4.78, 5) is 47.8. The highest BCUT2D eigenvalue weighted by Crippen LogP contribution is 2.48. The number of nitrogens with zero attached hydrogens (tertiary/aromatic N) is 9. The van der Waals surface area contributed by atoms with E-state index in [0.29, 0.717) is 117 Å². The smallest absolute Gasteiger partial charge is 0.319 e. The number of hydrogen-bond donors (Lipinski definition) is 3. The Bertz CT molecular complexity index is 3080. The first-order valence-corrected chi connectivity index (χ1v) is 25.4. The fourth-order valence-electron chi connectivity index (χ4n) is 12.3. The first kappa shape index (κ1) is 46.0. The summed E-state index contributed by atoms with van der Waals surface area (Å²) in [7, 11) is 1.88. The van der Waals surface area contributed by atoms with Gasteiger partial charge in [-0.15, -0.1) is 0 Å². The van der Waals surface area contributed by atoms with Crippen molar-refractivity contribution >= 4 is 55.9 Å². The number of nitrogens with one attached hydrogen (secondary N) is 2. The Labute approximate surface area is 409 Å². The number of carbonyl (C=O) groups is 2. The van der Waals surface area contributed by atoms with E-state index in [4.69, 9.17) is 19.8 Å². The van der Waals surface area contributed by atoms with Crippen molar-refractivity contribution in [3.63, 3.8) is 0 Å². The number of imide groups is 1. The molecule has 1 aliphatic carbocycles. The van der Waals surface area contributed by atoms with Gasteiger partial charge in [-0.05, 0) is 104 Å². The highest BCUT2D eigenvalue weighted by atomic mass is 19.1. The molecule has 3 atom stereocenters. The lowest BCUT2D eigenvalue weighted by Gasteiger charge is -2.43. The van der Waals surface area contributed by atoms with Gasteiger partial charge in [0.05, 0.1) is 29.1 Å². The first-order valence-electron chi connectivity index (χ1n) is 25.4. The molecular formula is C53H60F3N11O4. The number of piperidine rings is 2. The molecule has 3 aromatic heterocycles. The Morgan fingerprint density at radius 3 is 2.35 bits per heavy atom. The number of carbonyl (C=O) groups excluding carboxylic acids is 2. The topological polar surface area (TPSA) is 157 Å². The van der Waals surface area contributed by atoms with E-state index in [-0.39, 0.29) is 45.8 Å². The van der Waals surface area contributed by atoms with Gasteiger partial charge in [-0.2, -0.15) is 15.1 Å². The van der Waals surface area contributed by atoms with Crippen molar-refractivity contribution in [3.05, 3.63) is 71.6 Å². The van der Waals surface area contributed by atoms with Gasteiger partial charge in [-0.1, -0.05) is 13.0 Å². The number of anilines is 2. The zero-order valence-electron chi connectivity index (χ0n) is 40.3. The van der Waals surface area contributed by atoms with Crippen LogP contribution in [0.15, 0.2) is 48.7 Å². The number of phenolic OH excluding ortho intramolecular Hbond substituents is 1. The van der Waals surface area contributed by atoms with Crippen LogP contribution in [0, 0.1) is 17.0 Å². The Balaban J connectivity index is 0.701. The number of ether oxygens (including phenoxy) is 1. The number of aromatic hydroxyl groups is 1. The van der Waals surface area contributed by atoms with Crippen LogP contribution in [0.1, 0.15) is 75.5 Å². The van der Waals surface area contributed by atoms with Gasteiger partial charge < -0.3 is 29.9 Å². The summed E-state index contributed by atoms with van der Waals surface area (Å²) in [5.74, 6) is -1.60. The number of alkyl halides is 1. The Morgan fingerprint density at radius 2 is 1.62 bits per heavy atom. The highest BCUT2D eigenvalue weighted by Gasteiger charge is 2.47. The number of hydrogen-bond acceptors (Lipinski definition) is 13. The summed E-state index contributed by atoms with van der Waals surface area (Å²) < 4.78 is 57.3. The van der Waals surface area contributed by atoms with Crippen molar-refractivity contribution in [2.24, 2.45) is 12.5 Å². The molecule has 6 aromatic rings. The lowest BCUT2D eigenvalue weighted by Crippen LogP contribution is -2.54. The fraction of sp³-hybridized carbons (Fsp3) is 0.509. The van der Waals surface area contributed by atoms with Crippen LogP contribution in [-0.4, -0.2) is 141 Å². The van der Waals surface area contributed by atoms with Crippen LogP contribution < -0.4 is 25.2 Å². The molecule has 3 aromatic carbocycles. The van der Waals surface area contributed by atoms with Gasteiger partial charge in [-0.25, -0.2) is 13.2 Å². The third-order valence-corrected chi connectivity index (χ3v) is 16.4. The number of aryl methyl sites for hydroxylation is 2. The summed E-state index contributed by atoms with van der Waals surface area (Å²) in [6, 6.07) is 12.8. The average molecular weight is 972 g/mol. The second kappa shape index (κ2) is 17.9. The van der Waals surface area contributed by atoms with E-state index in [2.05, 4.69) is 47.3 Å². The summed E-state index contributed by atoms with van der Waals surface area (Å²) >= 11 is 0. The summed E-state index contributed by atoms with van der Waals surface area (Å²) in [6.07, 6.45) is 7.63. The van der Waals surface area contributed by atoms with E-state index in [1.807, 2.05) is 24.7 Å². The van der Waals surface area contributed by atoms with Crippen molar-refractivity contribution in [2.75, 3.05) is 81.9 Å². The molecule has 5 saturated heterocycles. The van der Waals surface area contributed by atoms with E-state index in [0.717, 1.165) is 75.0 Å². The number of aromatic nitrogens is 5. The van der Waals surface area contributed by atoms with E-state index in [1.54, 1.807) is 18.3 Å². The van der Waals surface area contributed by atoms with Crippen LogP contribution in [0.5, 0.6) is 11.8 Å². The van der Waals surface area contributed by atoms with Crippen molar-refractivity contribution in [1.82, 2.24) is 45.2 Å². The molecule has 18 heteroatoms. The third kappa shape index (κ3) is 8.68. The fourth-order valence-corrected chi connectivity index (χ4v) is 12.3. The zero-order valence-corrected chi connectivity index (χ0v) is 40.3. The third-order valence-electron chi connectivity index (χ3n) is 16.4. The summed E-state index contributed by atoms with van der Waals surface area (Å²) in [5, 5.41) is 24.0. The molecular weight excluding hydrogens is 912 g/mol. The largest absolute Gasteiger partial charge is 0.508 e. The van der Waals surface area contributed by atoms with Gasteiger partial charge >= 0.3 is 6.01 Å². The van der Waals surface area contributed by atoms with Crippen LogP contribution in [0.25, 0.3) is 43.8 Å². The Morgan fingerprint density at radius 1 is 0.859 bits per heavy atom. The number of likely N-dealkylation sites (tertiary alicyclic amines) is 1. The highest BCUT2D eigenvalue weighted by molar-refractivity contribution is 6.03. The number of piperazine rings is 2. The SMILES string of the molecule is CCc1c(F)ccc2cc(O)cc(-c3ncc4c(N5CC6CCC(C5)N6)nc(OCC5(CN6CCC(F)(CN7CCN(c8ccc9c(C%10CCC(=O)NC%10=O)nn(C)c9c8)CC7)CC6)CC5)nc4c3F)c12. The van der Waals surface area contributed by atoms with Crippen molar-refractivity contribution in [2.45, 2.75) is 88.4 Å². The Hall–Kier alpha value is -6.11. The molecule has 6 fully saturated rings. The van der Waals surface area contributed by atoms with Crippen molar-refractivity contribution in [3.8, 4) is 23.0 Å².